The summed E-state index contributed by atoms with van der Waals surface area (Å²) in [4.78, 5) is 0. The van der Waals surface area contributed by atoms with E-state index < -0.39 is 11.7 Å². The Hall–Kier alpha value is -0.730. The molecule has 0 saturated heterocycles. The largest absolute Gasteiger partial charge is 0.485 e. The van der Waals surface area contributed by atoms with Gasteiger partial charge in [-0.2, -0.15) is 0 Å². The van der Waals surface area contributed by atoms with Crippen molar-refractivity contribution in [3.63, 3.8) is 0 Å². The van der Waals surface area contributed by atoms with E-state index in [1.54, 1.807) is 0 Å². The van der Waals surface area contributed by atoms with Gasteiger partial charge in [0, 0.05) is 17.0 Å². The molecule has 1 heterocycles. The number of rotatable bonds is 0. The number of hydrogen-bond donors (Lipinski definition) is 1. The zero-order valence-corrected chi connectivity index (χ0v) is 9.01. The normalized spacial score (nSPS) is 23.9. The number of benzene rings is 1. The van der Waals surface area contributed by atoms with Crippen LogP contribution in [0.15, 0.2) is 18.2 Å². The maximum absolute atomic E-state index is 9.82. The average molecular weight is 213 g/mol. The van der Waals surface area contributed by atoms with Gasteiger partial charge in [0.15, 0.2) is 0 Å². The molecule has 1 aliphatic heterocycles. The topological polar surface area (TPSA) is 29.5 Å². The lowest BCUT2D eigenvalue weighted by Gasteiger charge is -2.37. The molecule has 2 nitrogen and oxygen atoms in total. The Balaban J connectivity index is 2.45. The lowest BCUT2D eigenvalue weighted by molar-refractivity contribution is -0.0411. The van der Waals surface area contributed by atoms with Crippen LogP contribution >= 0.6 is 11.6 Å². The van der Waals surface area contributed by atoms with Crippen LogP contribution in [0.25, 0.3) is 0 Å². The van der Waals surface area contributed by atoms with E-state index in [0.29, 0.717) is 11.4 Å². The first-order chi connectivity index (χ1) is 6.50. The van der Waals surface area contributed by atoms with Crippen LogP contribution in [0.3, 0.4) is 0 Å². The summed E-state index contributed by atoms with van der Waals surface area (Å²) >= 11 is 6.01. The van der Waals surface area contributed by atoms with Gasteiger partial charge in [0.25, 0.3) is 0 Å². The molecule has 0 radical (unpaired) electrons. The molecule has 1 N–H and O–H groups in total. The summed E-state index contributed by atoms with van der Waals surface area (Å²) < 4.78 is 5.68. The Morgan fingerprint density at radius 2 is 2.21 bits per heavy atom. The first-order valence-corrected chi connectivity index (χ1v) is 5.03. The third-order valence-corrected chi connectivity index (χ3v) is 3.00. The van der Waals surface area contributed by atoms with Gasteiger partial charge < -0.3 is 9.84 Å². The standard InChI is InChI=1S/C11H13ClO2/c1-11(2)10(13)6-7-8(12)4-3-5-9(7)14-11/h3-5,10,13H,6H2,1-2H3. The minimum absolute atomic E-state index is 0.505. The Labute approximate surface area is 88.5 Å². The van der Waals surface area contributed by atoms with Gasteiger partial charge in [-0.3, -0.25) is 0 Å². The molecule has 14 heavy (non-hydrogen) atoms. The lowest BCUT2D eigenvalue weighted by Crippen LogP contribution is -2.46. The molecule has 1 aromatic carbocycles. The molecular weight excluding hydrogens is 200 g/mol. The monoisotopic (exact) mass is 212 g/mol. The molecule has 2 rings (SSSR count). The van der Waals surface area contributed by atoms with Crippen molar-refractivity contribution in [2.24, 2.45) is 0 Å². The van der Waals surface area contributed by atoms with E-state index in [0.717, 1.165) is 11.3 Å². The van der Waals surface area contributed by atoms with Crippen molar-refractivity contribution in [3.05, 3.63) is 28.8 Å². The Bertz CT molecular complexity index is 360. The first kappa shape index (κ1) is 9.81. The second kappa shape index (κ2) is 3.14. The van der Waals surface area contributed by atoms with Crippen molar-refractivity contribution in [1.29, 1.82) is 0 Å². The van der Waals surface area contributed by atoms with Gasteiger partial charge in [-0.05, 0) is 26.0 Å². The third-order valence-electron chi connectivity index (χ3n) is 2.65. The number of hydrogen-bond acceptors (Lipinski definition) is 2. The summed E-state index contributed by atoms with van der Waals surface area (Å²) in [5.41, 5.74) is 0.374. The predicted molar refractivity (Wildman–Crippen MR) is 55.9 cm³/mol. The minimum atomic E-state index is -0.530. The van der Waals surface area contributed by atoms with E-state index in [2.05, 4.69) is 0 Å². The quantitative estimate of drug-likeness (QED) is 0.716. The molecule has 0 amide bonds. The van der Waals surface area contributed by atoms with Crippen LogP contribution in [0, 0.1) is 0 Å². The Kier molecular flexibility index (Phi) is 2.20. The maximum atomic E-state index is 9.82. The van der Waals surface area contributed by atoms with Gasteiger partial charge in [-0.15, -0.1) is 0 Å². The third kappa shape index (κ3) is 1.49. The highest BCUT2D eigenvalue weighted by atomic mass is 35.5. The first-order valence-electron chi connectivity index (χ1n) is 4.65. The van der Waals surface area contributed by atoms with E-state index >= 15 is 0 Å². The molecule has 1 unspecified atom stereocenters. The van der Waals surface area contributed by atoms with E-state index in [4.69, 9.17) is 16.3 Å². The fraction of sp³-hybridized carbons (Fsp3) is 0.455. The molecule has 0 bridgehead atoms. The van der Waals surface area contributed by atoms with Crippen LogP contribution in [0.4, 0.5) is 0 Å². The van der Waals surface area contributed by atoms with Crippen molar-refractivity contribution >= 4 is 11.6 Å². The highest BCUT2D eigenvalue weighted by Crippen LogP contribution is 2.36. The van der Waals surface area contributed by atoms with Crippen molar-refractivity contribution in [3.8, 4) is 5.75 Å². The molecule has 0 spiro atoms. The minimum Gasteiger partial charge on any atom is -0.485 e. The second-order valence-electron chi connectivity index (χ2n) is 4.14. The van der Waals surface area contributed by atoms with Crippen molar-refractivity contribution in [2.45, 2.75) is 32.0 Å². The fourth-order valence-electron chi connectivity index (χ4n) is 1.62. The van der Waals surface area contributed by atoms with Gasteiger partial charge in [-0.1, -0.05) is 17.7 Å². The fourth-order valence-corrected chi connectivity index (χ4v) is 1.87. The molecule has 0 saturated carbocycles. The Morgan fingerprint density at radius 1 is 1.50 bits per heavy atom. The summed E-state index contributed by atoms with van der Waals surface area (Å²) in [6, 6.07) is 5.55. The summed E-state index contributed by atoms with van der Waals surface area (Å²) in [5.74, 6) is 0.785. The molecule has 1 atom stereocenters. The maximum Gasteiger partial charge on any atom is 0.129 e. The van der Waals surface area contributed by atoms with Crippen LogP contribution in [0.2, 0.25) is 5.02 Å². The molecule has 0 aliphatic carbocycles. The van der Waals surface area contributed by atoms with Crippen LogP contribution in [-0.2, 0) is 6.42 Å². The Morgan fingerprint density at radius 3 is 2.93 bits per heavy atom. The van der Waals surface area contributed by atoms with Gasteiger partial charge in [0.1, 0.15) is 11.4 Å². The van der Waals surface area contributed by atoms with Gasteiger partial charge in [0.2, 0.25) is 0 Å². The summed E-state index contributed by atoms with van der Waals surface area (Å²) in [7, 11) is 0. The van der Waals surface area contributed by atoms with E-state index in [1.807, 2.05) is 32.0 Å². The molecule has 1 aromatic rings. The van der Waals surface area contributed by atoms with E-state index in [-0.39, 0.29) is 0 Å². The highest BCUT2D eigenvalue weighted by Gasteiger charge is 2.36. The molecular formula is C11H13ClO2. The number of ether oxygens (including phenoxy) is 1. The van der Waals surface area contributed by atoms with Crippen molar-refractivity contribution < 1.29 is 9.84 Å². The van der Waals surface area contributed by atoms with Crippen molar-refractivity contribution in [2.75, 3.05) is 0 Å². The molecule has 1 aliphatic rings. The predicted octanol–water partition coefficient (Wildman–Crippen LogP) is 2.41. The zero-order valence-electron chi connectivity index (χ0n) is 8.25. The lowest BCUT2D eigenvalue weighted by atomic mass is 9.91. The summed E-state index contributed by atoms with van der Waals surface area (Å²) in [6.45, 7) is 3.75. The highest BCUT2D eigenvalue weighted by molar-refractivity contribution is 6.31. The number of halogens is 1. The van der Waals surface area contributed by atoms with E-state index in [9.17, 15) is 5.11 Å². The van der Waals surface area contributed by atoms with Crippen LogP contribution in [-0.4, -0.2) is 16.8 Å². The molecule has 76 valence electrons. The second-order valence-corrected chi connectivity index (χ2v) is 4.55. The summed E-state index contributed by atoms with van der Waals surface area (Å²) in [6.07, 6.45) is 0.0528. The molecule has 0 aromatic heterocycles. The average Bonchev–Trinajstić information content (AvgIpc) is 2.08. The zero-order chi connectivity index (χ0) is 10.3. The number of fused-ring (bicyclic) bond motifs is 1. The van der Waals surface area contributed by atoms with Crippen molar-refractivity contribution in [1.82, 2.24) is 0 Å². The number of aliphatic hydroxyl groups excluding tert-OH is 1. The SMILES string of the molecule is CC1(C)Oc2cccc(Cl)c2CC1O. The van der Waals surface area contributed by atoms with Crippen LogP contribution in [0.5, 0.6) is 5.75 Å². The van der Waals surface area contributed by atoms with Crippen LogP contribution in [0.1, 0.15) is 19.4 Å². The smallest absolute Gasteiger partial charge is 0.129 e. The molecule has 3 heteroatoms. The van der Waals surface area contributed by atoms with Crippen LogP contribution < -0.4 is 4.74 Å². The van der Waals surface area contributed by atoms with Gasteiger partial charge in [-0.25, -0.2) is 0 Å². The summed E-state index contributed by atoms with van der Waals surface area (Å²) in [5, 5.41) is 10.5. The molecule has 0 fully saturated rings. The van der Waals surface area contributed by atoms with Gasteiger partial charge in [0.05, 0.1) is 6.10 Å². The number of aliphatic hydroxyl groups is 1. The van der Waals surface area contributed by atoms with Gasteiger partial charge >= 0.3 is 0 Å². The van der Waals surface area contributed by atoms with E-state index in [1.165, 1.54) is 0 Å².